The molecule has 70 valence electrons. The maximum Gasteiger partial charge on any atom is 0.0835 e. The fourth-order valence-corrected chi connectivity index (χ4v) is 2.28. The minimum Gasteiger partial charge on any atom is -0.255 e. The minimum atomic E-state index is 1.07. The smallest absolute Gasteiger partial charge is 0.0835 e. The summed E-state index contributed by atoms with van der Waals surface area (Å²) in [5.41, 5.74) is 3.45. The van der Waals surface area contributed by atoms with Crippen LogP contribution in [0.2, 0.25) is 0 Å². The van der Waals surface area contributed by atoms with Crippen LogP contribution in [0.4, 0.5) is 0 Å². The van der Waals surface area contributed by atoms with Gasteiger partial charge in [0.05, 0.1) is 5.69 Å². The van der Waals surface area contributed by atoms with Crippen molar-refractivity contribution in [3.8, 4) is 11.3 Å². The number of aromatic nitrogens is 1. The zero-order chi connectivity index (χ0) is 9.97. The molecule has 0 bridgehead atoms. The van der Waals surface area contributed by atoms with E-state index in [9.17, 15) is 0 Å². The van der Waals surface area contributed by atoms with Crippen LogP contribution in [0.25, 0.3) is 11.3 Å². The first kappa shape index (κ1) is 9.65. The highest BCUT2D eigenvalue weighted by atomic mass is 127. The number of aryl methyl sites for hydroxylation is 1. The van der Waals surface area contributed by atoms with Gasteiger partial charge in [-0.2, -0.15) is 0 Å². The van der Waals surface area contributed by atoms with Gasteiger partial charge in [-0.15, -0.1) is 0 Å². The number of hydrogen-bond donors (Lipinski definition) is 0. The van der Waals surface area contributed by atoms with E-state index in [4.69, 9.17) is 0 Å². The molecule has 0 aliphatic heterocycles. The lowest BCUT2D eigenvalue weighted by atomic mass is 10.1. The van der Waals surface area contributed by atoms with Crippen LogP contribution in [-0.4, -0.2) is 4.98 Å². The summed E-state index contributed by atoms with van der Waals surface area (Å²) in [7, 11) is 0. The van der Waals surface area contributed by atoms with E-state index < -0.39 is 0 Å². The Bertz CT molecular complexity index is 437. The van der Waals surface area contributed by atoms with Crippen LogP contribution in [0.15, 0.2) is 42.6 Å². The van der Waals surface area contributed by atoms with Gasteiger partial charge in [0.1, 0.15) is 0 Å². The Balaban J connectivity index is 2.53. The number of hydrogen-bond acceptors (Lipinski definition) is 1. The van der Waals surface area contributed by atoms with E-state index in [-0.39, 0.29) is 0 Å². The molecule has 0 aliphatic rings. The fraction of sp³-hybridized carbons (Fsp3) is 0.0833. The van der Waals surface area contributed by atoms with E-state index in [1.807, 2.05) is 24.4 Å². The van der Waals surface area contributed by atoms with Crippen molar-refractivity contribution >= 4 is 22.6 Å². The molecule has 0 unspecified atom stereocenters. The Morgan fingerprint density at radius 1 is 1.14 bits per heavy atom. The quantitative estimate of drug-likeness (QED) is 0.732. The van der Waals surface area contributed by atoms with E-state index in [2.05, 4.69) is 52.7 Å². The van der Waals surface area contributed by atoms with Crippen molar-refractivity contribution in [3.63, 3.8) is 0 Å². The summed E-state index contributed by atoms with van der Waals surface area (Å²) in [4.78, 5) is 4.44. The monoisotopic (exact) mass is 295 g/mol. The SMILES string of the molecule is Cc1cnc(-c2ccccc2)c(I)c1. The fourth-order valence-electron chi connectivity index (χ4n) is 1.34. The molecule has 0 atom stereocenters. The van der Waals surface area contributed by atoms with E-state index in [0.29, 0.717) is 0 Å². The molecule has 0 N–H and O–H groups in total. The van der Waals surface area contributed by atoms with Crippen LogP contribution < -0.4 is 0 Å². The van der Waals surface area contributed by atoms with Crippen molar-refractivity contribution in [2.24, 2.45) is 0 Å². The lowest BCUT2D eigenvalue weighted by molar-refractivity contribution is 1.25. The van der Waals surface area contributed by atoms with Gasteiger partial charge in [-0.3, -0.25) is 4.98 Å². The first-order valence-corrected chi connectivity index (χ1v) is 5.53. The summed E-state index contributed by atoms with van der Waals surface area (Å²) in [5.74, 6) is 0. The summed E-state index contributed by atoms with van der Waals surface area (Å²) in [6.45, 7) is 2.06. The molecule has 0 spiro atoms. The molecule has 2 heteroatoms. The zero-order valence-corrected chi connectivity index (χ0v) is 10.0. The molecule has 1 heterocycles. The third-order valence-electron chi connectivity index (χ3n) is 2.03. The lowest BCUT2D eigenvalue weighted by Crippen LogP contribution is -1.88. The molecule has 1 aromatic carbocycles. The number of benzene rings is 1. The highest BCUT2D eigenvalue weighted by molar-refractivity contribution is 14.1. The van der Waals surface area contributed by atoms with Crippen molar-refractivity contribution in [2.45, 2.75) is 6.92 Å². The molecule has 1 nitrogen and oxygen atoms in total. The highest BCUT2D eigenvalue weighted by Crippen LogP contribution is 2.22. The van der Waals surface area contributed by atoms with Gasteiger partial charge in [0, 0.05) is 15.3 Å². The third-order valence-corrected chi connectivity index (χ3v) is 2.85. The molecule has 0 saturated heterocycles. The van der Waals surface area contributed by atoms with E-state index >= 15 is 0 Å². The van der Waals surface area contributed by atoms with E-state index in [1.54, 1.807) is 0 Å². The number of pyridine rings is 1. The average molecular weight is 295 g/mol. The molecule has 0 amide bonds. The summed E-state index contributed by atoms with van der Waals surface area (Å²) in [6.07, 6.45) is 1.91. The molecular weight excluding hydrogens is 285 g/mol. The zero-order valence-electron chi connectivity index (χ0n) is 7.87. The summed E-state index contributed by atoms with van der Waals surface area (Å²) in [5, 5.41) is 0. The van der Waals surface area contributed by atoms with E-state index in [0.717, 1.165) is 5.69 Å². The molecule has 1 aromatic heterocycles. The Kier molecular flexibility index (Phi) is 2.82. The molecule has 0 saturated carbocycles. The number of nitrogens with zero attached hydrogens (tertiary/aromatic N) is 1. The molecule has 0 radical (unpaired) electrons. The van der Waals surface area contributed by atoms with Gasteiger partial charge in [-0.05, 0) is 41.1 Å². The average Bonchev–Trinajstić information content (AvgIpc) is 2.19. The minimum absolute atomic E-state index is 1.07. The molecular formula is C12H10IN. The van der Waals surface area contributed by atoms with Crippen LogP contribution in [0.5, 0.6) is 0 Å². The van der Waals surface area contributed by atoms with E-state index in [1.165, 1.54) is 14.7 Å². The van der Waals surface area contributed by atoms with Gasteiger partial charge in [0.25, 0.3) is 0 Å². The molecule has 0 fully saturated rings. The second kappa shape index (κ2) is 4.09. The van der Waals surface area contributed by atoms with Crippen molar-refractivity contribution < 1.29 is 0 Å². The summed E-state index contributed by atoms with van der Waals surface area (Å²) >= 11 is 2.33. The van der Waals surface area contributed by atoms with Crippen molar-refractivity contribution in [1.82, 2.24) is 4.98 Å². The topological polar surface area (TPSA) is 12.9 Å². The predicted octanol–water partition coefficient (Wildman–Crippen LogP) is 3.66. The first-order valence-electron chi connectivity index (χ1n) is 4.45. The summed E-state index contributed by atoms with van der Waals surface area (Å²) < 4.78 is 1.20. The standard InChI is InChI=1S/C12H10IN/c1-9-7-11(13)12(14-8-9)10-5-3-2-4-6-10/h2-8H,1H3. The van der Waals surface area contributed by atoms with Crippen LogP contribution in [0.1, 0.15) is 5.56 Å². The Morgan fingerprint density at radius 3 is 2.50 bits per heavy atom. The van der Waals surface area contributed by atoms with Crippen LogP contribution in [-0.2, 0) is 0 Å². The lowest BCUT2D eigenvalue weighted by Gasteiger charge is -2.03. The first-order chi connectivity index (χ1) is 6.77. The highest BCUT2D eigenvalue weighted by Gasteiger charge is 2.03. The number of rotatable bonds is 1. The van der Waals surface area contributed by atoms with Crippen LogP contribution in [0, 0.1) is 10.5 Å². The molecule has 2 rings (SSSR count). The maximum atomic E-state index is 4.44. The van der Waals surface area contributed by atoms with Gasteiger partial charge in [-0.25, -0.2) is 0 Å². The normalized spacial score (nSPS) is 10.1. The van der Waals surface area contributed by atoms with Crippen LogP contribution in [0.3, 0.4) is 0 Å². The Morgan fingerprint density at radius 2 is 1.86 bits per heavy atom. The van der Waals surface area contributed by atoms with Crippen molar-refractivity contribution in [2.75, 3.05) is 0 Å². The van der Waals surface area contributed by atoms with Gasteiger partial charge in [-0.1, -0.05) is 30.3 Å². The van der Waals surface area contributed by atoms with Crippen molar-refractivity contribution in [1.29, 1.82) is 0 Å². The van der Waals surface area contributed by atoms with Crippen LogP contribution >= 0.6 is 22.6 Å². The number of halogens is 1. The molecule has 14 heavy (non-hydrogen) atoms. The largest absolute Gasteiger partial charge is 0.255 e. The van der Waals surface area contributed by atoms with Gasteiger partial charge in [0.2, 0.25) is 0 Å². The van der Waals surface area contributed by atoms with Gasteiger partial charge < -0.3 is 0 Å². The maximum absolute atomic E-state index is 4.44. The van der Waals surface area contributed by atoms with Gasteiger partial charge in [0.15, 0.2) is 0 Å². The van der Waals surface area contributed by atoms with Crippen molar-refractivity contribution in [3.05, 3.63) is 51.7 Å². The summed E-state index contributed by atoms with van der Waals surface area (Å²) in [6, 6.07) is 12.4. The predicted molar refractivity (Wildman–Crippen MR) is 67.1 cm³/mol. The molecule has 0 aliphatic carbocycles. The Hall–Kier alpha value is -0.900. The third kappa shape index (κ3) is 1.95. The molecule has 2 aromatic rings. The second-order valence-electron chi connectivity index (χ2n) is 3.21. The second-order valence-corrected chi connectivity index (χ2v) is 4.37. The Labute approximate surface area is 97.3 Å². The van der Waals surface area contributed by atoms with Gasteiger partial charge >= 0.3 is 0 Å².